The minimum Gasteiger partial charge on any atom is -0.352 e. The lowest BCUT2D eigenvalue weighted by atomic mass is 9.62. The number of carbonyl (C=O) groups is 2. The summed E-state index contributed by atoms with van der Waals surface area (Å²) in [6.45, 7) is 8.30. The number of amides is 2. The molecule has 2 aliphatic heterocycles. The number of benzene rings is 2. The minimum absolute atomic E-state index is 0.00100. The van der Waals surface area contributed by atoms with Gasteiger partial charge in [-0.05, 0) is 72.8 Å². The Labute approximate surface area is 238 Å². The summed E-state index contributed by atoms with van der Waals surface area (Å²) in [7, 11) is 0. The van der Waals surface area contributed by atoms with E-state index in [1.807, 2.05) is 20.8 Å². The Morgan fingerprint density at radius 2 is 1.79 bits per heavy atom. The lowest BCUT2D eigenvalue weighted by molar-refractivity contribution is -0.124. The third kappa shape index (κ3) is 4.95. The zero-order valence-corrected chi connectivity index (χ0v) is 24.1. The second-order valence-corrected chi connectivity index (χ2v) is 13.5. The van der Waals surface area contributed by atoms with E-state index in [9.17, 15) is 9.59 Å². The van der Waals surface area contributed by atoms with Crippen molar-refractivity contribution in [3.8, 4) is 0 Å². The van der Waals surface area contributed by atoms with E-state index in [0.717, 1.165) is 25.7 Å². The van der Waals surface area contributed by atoms with E-state index < -0.39 is 41.0 Å². The molecule has 2 amide bonds. The molecule has 39 heavy (non-hydrogen) atoms. The fraction of sp³-hybridized carbons (Fsp3) is 0.533. The number of halogens is 4. The van der Waals surface area contributed by atoms with Crippen LogP contribution < -0.4 is 16.0 Å². The molecule has 1 saturated carbocycles. The average Bonchev–Trinajstić information content (AvgIpc) is 3.32. The molecule has 0 bridgehead atoms. The third-order valence-corrected chi connectivity index (χ3v) is 9.24. The van der Waals surface area contributed by atoms with Gasteiger partial charge in [-0.25, -0.2) is 8.78 Å². The predicted octanol–water partition coefficient (Wildman–Crippen LogP) is 6.72. The number of anilines is 1. The van der Waals surface area contributed by atoms with E-state index in [-0.39, 0.29) is 33.0 Å². The number of fused-ring (bicyclic) bond motifs is 2. The first kappa shape index (κ1) is 28.3. The van der Waals surface area contributed by atoms with Crippen molar-refractivity contribution in [2.24, 2.45) is 11.3 Å². The molecule has 2 fully saturated rings. The highest BCUT2D eigenvalue weighted by atomic mass is 35.5. The molecule has 2 aromatic rings. The maximum absolute atomic E-state index is 15.8. The van der Waals surface area contributed by atoms with Gasteiger partial charge >= 0.3 is 0 Å². The van der Waals surface area contributed by atoms with Crippen LogP contribution >= 0.6 is 23.2 Å². The van der Waals surface area contributed by atoms with Crippen molar-refractivity contribution < 1.29 is 18.4 Å². The van der Waals surface area contributed by atoms with Crippen LogP contribution in [0.25, 0.3) is 0 Å². The molecule has 1 aliphatic carbocycles. The Morgan fingerprint density at radius 3 is 2.46 bits per heavy atom. The van der Waals surface area contributed by atoms with Gasteiger partial charge in [-0.2, -0.15) is 0 Å². The number of nitrogens with one attached hydrogen (secondary N) is 3. The van der Waals surface area contributed by atoms with Gasteiger partial charge in [0, 0.05) is 23.7 Å². The van der Waals surface area contributed by atoms with Crippen LogP contribution in [0.2, 0.25) is 10.0 Å². The predicted molar refractivity (Wildman–Crippen MR) is 150 cm³/mol. The Morgan fingerprint density at radius 1 is 1.10 bits per heavy atom. The van der Waals surface area contributed by atoms with Crippen LogP contribution in [0.5, 0.6) is 0 Å². The Kier molecular flexibility index (Phi) is 7.49. The lowest BCUT2D eigenvalue weighted by Gasteiger charge is -2.38. The monoisotopic (exact) mass is 577 g/mol. The van der Waals surface area contributed by atoms with Crippen molar-refractivity contribution in [3.63, 3.8) is 0 Å². The van der Waals surface area contributed by atoms with Crippen LogP contribution in [0, 0.1) is 23.0 Å². The van der Waals surface area contributed by atoms with Crippen LogP contribution in [-0.4, -0.2) is 29.9 Å². The molecule has 4 atom stereocenters. The molecule has 0 aromatic heterocycles. The third-order valence-electron chi connectivity index (χ3n) is 8.66. The average molecular weight is 579 g/mol. The molecule has 5 nitrogen and oxygen atoms in total. The van der Waals surface area contributed by atoms with Crippen molar-refractivity contribution in [1.29, 1.82) is 0 Å². The Bertz CT molecular complexity index is 1310. The summed E-state index contributed by atoms with van der Waals surface area (Å²) >= 11 is 12.3. The molecule has 9 heteroatoms. The molecule has 3 aliphatic rings. The van der Waals surface area contributed by atoms with Crippen LogP contribution in [-0.2, 0) is 15.0 Å². The first-order valence-corrected chi connectivity index (χ1v) is 14.4. The fourth-order valence-electron chi connectivity index (χ4n) is 6.86. The minimum atomic E-state index is -1.48. The number of hydrogen-bond acceptors (Lipinski definition) is 3. The normalized spacial score (nSPS) is 30.4. The van der Waals surface area contributed by atoms with Gasteiger partial charge in [-0.15, -0.1) is 0 Å². The molecule has 210 valence electrons. The summed E-state index contributed by atoms with van der Waals surface area (Å²) in [5.74, 6) is -2.49. The molecule has 5 rings (SSSR count). The van der Waals surface area contributed by atoms with Gasteiger partial charge in [0.15, 0.2) is 0 Å². The summed E-state index contributed by atoms with van der Waals surface area (Å²) < 4.78 is 30.8. The van der Waals surface area contributed by atoms with Gasteiger partial charge in [0.2, 0.25) is 11.8 Å². The van der Waals surface area contributed by atoms with E-state index in [0.29, 0.717) is 23.6 Å². The topological polar surface area (TPSA) is 70.2 Å². The number of carbonyl (C=O) groups excluding carboxylic acids is 2. The molecule has 3 N–H and O–H groups in total. The van der Waals surface area contributed by atoms with Crippen molar-refractivity contribution in [2.45, 2.75) is 89.3 Å². The fourth-order valence-corrected chi connectivity index (χ4v) is 7.21. The van der Waals surface area contributed by atoms with Crippen LogP contribution in [0.15, 0.2) is 30.3 Å². The first-order valence-electron chi connectivity index (χ1n) is 13.6. The van der Waals surface area contributed by atoms with Crippen molar-refractivity contribution in [1.82, 2.24) is 10.6 Å². The molecule has 4 unspecified atom stereocenters. The van der Waals surface area contributed by atoms with Crippen LogP contribution in [0.4, 0.5) is 14.5 Å². The SMILES string of the molecule is CC1CCC(NC(=O)C2NC(CC(C)(C)C)C3(C(=O)Nc4cc(Cl)c(F)cc43)C2c2cccc(Cl)c2F)CC1. The maximum atomic E-state index is 15.8. The second-order valence-electron chi connectivity index (χ2n) is 12.7. The zero-order valence-electron chi connectivity index (χ0n) is 22.6. The van der Waals surface area contributed by atoms with E-state index in [1.54, 1.807) is 12.1 Å². The van der Waals surface area contributed by atoms with E-state index in [4.69, 9.17) is 23.2 Å². The second kappa shape index (κ2) is 10.3. The van der Waals surface area contributed by atoms with Crippen LogP contribution in [0.3, 0.4) is 0 Å². The summed E-state index contributed by atoms with van der Waals surface area (Å²) in [5.41, 5.74) is -0.893. The highest BCUT2D eigenvalue weighted by Crippen LogP contribution is 2.57. The van der Waals surface area contributed by atoms with Crippen molar-refractivity contribution in [3.05, 3.63) is 63.1 Å². The highest BCUT2D eigenvalue weighted by Gasteiger charge is 2.66. The molecular formula is C30H35Cl2F2N3O2. The maximum Gasteiger partial charge on any atom is 0.238 e. The van der Waals surface area contributed by atoms with Gasteiger partial charge in [0.25, 0.3) is 0 Å². The molecule has 2 aromatic carbocycles. The van der Waals surface area contributed by atoms with E-state index in [1.165, 1.54) is 18.2 Å². The lowest BCUT2D eigenvalue weighted by Crippen LogP contribution is -2.50. The van der Waals surface area contributed by atoms with E-state index >= 15 is 8.78 Å². The van der Waals surface area contributed by atoms with Crippen molar-refractivity contribution >= 4 is 40.7 Å². The van der Waals surface area contributed by atoms with Crippen molar-refractivity contribution in [2.75, 3.05) is 5.32 Å². The molecule has 0 radical (unpaired) electrons. The first-order chi connectivity index (χ1) is 18.3. The molecular weight excluding hydrogens is 543 g/mol. The Balaban J connectivity index is 1.69. The molecule has 2 heterocycles. The summed E-state index contributed by atoms with van der Waals surface area (Å²) in [6, 6.07) is 5.68. The van der Waals surface area contributed by atoms with Gasteiger partial charge in [0.1, 0.15) is 17.0 Å². The smallest absolute Gasteiger partial charge is 0.238 e. The molecule has 1 spiro atoms. The van der Waals surface area contributed by atoms with Crippen LogP contribution in [0.1, 0.15) is 76.8 Å². The number of hydrogen-bond donors (Lipinski definition) is 3. The van der Waals surface area contributed by atoms with Gasteiger partial charge in [-0.1, -0.05) is 63.0 Å². The van der Waals surface area contributed by atoms with Gasteiger partial charge in [0.05, 0.1) is 16.1 Å². The van der Waals surface area contributed by atoms with Gasteiger partial charge in [-0.3, -0.25) is 9.59 Å². The Hall–Kier alpha value is -2.22. The summed E-state index contributed by atoms with van der Waals surface area (Å²) in [5, 5.41) is 9.26. The number of rotatable bonds is 4. The largest absolute Gasteiger partial charge is 0.352 e. The summed E-state index contributed by atoms with van der Waals surface area (Å²) in [6.07, 6.45) is 4.22. The van der Waals surface area contributed by atoms with E-state index in [2.05, 4.69) is 22.9 Å². The standard InChI is InChI=1S/C30H35Cl2F2N3O2/c1-15-8-10-16(11-9-15)35-27(38)26-24(17-6-5-7-19(31)25(17)34)30(23(37-26)14-29(2,3)4)18-12-21(33)20(32)13-22(18)36-28(30)39/h5-7,12-13,15-16,23-24,26,37H,8-11,14H2,1-4H3,(H,35,38)(H,36,39). The summed E-state index contributed by atoms with van der Waals surface area (Å²) in [4.78, 5) is 28.2. The van der Waals surface area contributed by atoms with Gasteiger partial charge < -0.3 is 16.0 Å². The zero-order chi connectivity index (χ0) is 28.3. The quantitative estimate of drug-likeness (QED) is 0.378. The molecule has 1 saturated heterocycles. The highest BCUT2D eigenvalue weighted by molar-refractivity contribution is 6.31.